The molecule has 0 saturated carbocycles. The fourth-order valence-electron chi connectivity index (χ4n) is 3.17. The van der Waals surface area contributed by atoms with Crippen LogP contribution in [0.25, 0.3) is 17.1 Å². The van der Waals surface area contributed by atoms with Crippen LogP contribution in [0.2, 0.25) is 0 Å². The molecule has 0 atom stereocenters. The number of ether oxygens (including phenoxy) is 1. The molecule has 4 aromatic rings. The summed E-state index contributed by atoms with van der Waals surface area (Å²) in [4.78, 5) is 12.5. The number of methoxy groups -OCH3 is 1. The molecule has 0 spiro atoms. The zero-order valence-electron chi connectivity index (χ0n) is 18.6. The summed E-state index contributed by atoms with van der Waals surface area (Å²) in [6, 6.07) is 25.2. The molecule has 0 radical (unpaired) electrons. The minimum atomic E-state index is -0.232. The van der Waals surface area contributed by atoms with Gasteiger partial charge in [0, 0.05) is 15.7 Å². The maximum absolute atomic E-state index is 12.5. The van der Waals surface area contributed by atoms with Crippen LogP contribution in [0.4, 0.5) is 0 Å². The first kappa shape index (κ1) is 23.7. The number of hydrogen-bond acceptors (Lipinski definition) is 6. The van der Waals surface area contributed by atoms with E-state index in [2.05, 4.69) is 36.7 Å². The van der Waals surface area contributed by atoms with Gasteiger partial charge in [-0.3, -0.25) is 9.36 Å². The Labute approximate surface area is 210 Å². The first-order chi connectivity index (χ1) is 16.5. The van der Waals surface area contributed by atoms with E-state index < -0.39 is 0 Å². The van der Waals surface area contributed by atoms with Crippen molar-refractivity contribution in [2.75, 3.05) is 12.9 Å². The highest BCUT2D eigenvalue weighted by Crippen LogP contribution is 2.28. The monoisotopic (exact) mass is 535 g/mol. The summed E-state index contributed by atoms with van der Waals surface area (Å²) in [5.74, 6) is 1.38. The first-order valence-corrected chi connectivity index (χ1v) is 12.2. The van der Waals surface area contributed by atoms with Crippen LogP contribution in [0.1, 0.15) is 12.5 Å². The van der Waals surface area contributed by atoms with Crippen LogP contribution in [0.3, 0.4) is 0 Å². The summed E-state index contributed by atoms with van der Waals surface area (Å²) in [6.45, 7) is 1.84. The number of carbonyl (C=O) groups excluding carboxylic acids is 1. The lowest BCUT2D eigenvalue weighted by Gasteiger charge is -2.10. The lowest BCUT2D eigenvalue weighted by atomic mass is 10.1. The largest absolute Gasteiger partial charge is 0.497 e. The third-order valence-corrected chi connectivity index (χ3v) is 6.40. The predicted molar refractivity (Wildman–Crippen MR) is 139 cm³/mol. The predicted octanol–water partition coefficient (Wildman–Crippen LogP) is 5.34. The molecule has 0 unspecified atom stereocenters. The molecule has 34 heavy (non-hydrogen) atoms. The Hall–Kier alpha value is -3.43. The van der Waals surface area contributed by atoms with Crippen molar-refractivity contribution < 1.29 is 9.53 Å². The Morgan fingerprint density at radius 3 is 2.41 bits per heavy atom. The number of hydrazone groups is 1. The second-order valence-electron chi connectivity index (χ2n) is 7.23. The van der Waals surface area contributed by atoms with Gasteiger partial charge in [0.25, 0.3) is 5.91 Å². The lowest BCUT2D eigenvalue weighted by Crippen LogP contribution is -2.21. The van der Waals surface area contributed by atoms with Crippen molar-refractivity contribution in [3.63, 3.8) is 0 Å². The number of aromatic nitrogens is 3. The van der Waals surface area contributed by atoms with Crippen molar-refractivity contribution in [3.05, 3.63) is 88.9 Å². The molecule has 3 aromatic carbocycles. The fourth-order valence-corrected chi connectivity index (χ4v) is 4.17. The van der Waals surface area contributed by atoms with Crippen molar-refractivity contribution >= 4 is 39.3 Å². The van der Waals surface area contributed by atoms with Gasteiger partial charge in [0.15, 0.2) is 11.0 Å². The van der Waals surface area contributed by atoms with Gasteiger partial charge in [0.1, 0.15) is 5.75 Å². The molecule has 0 aliphatic rings. The van der Waals surface area contributed by atoms with Crippen molar-refractivity contribution in [1.29, 1.82) is 0 Å². The SMILES string of the molecule is COc1ccc(C(C)=NNC(=O)CSc2nnc(-c3ccccc3)n2-c2ccc(Br)cc2)cc1. The van der Waals surface area contributed by atoms with Crippen molar-refractivity contribution in [2.24, 2.45) is 5.10 Å². The quantitative estimate of drug-likeness (QED) is 0.187. The van der Waals surface area contributed by atoms with E-state index in [0.717, 1.165) is 27.0 Å². The minimum Gasteiger partial charge on any atom is -0.497 e. The molecule has 0 fully saturated rings. The molecule has 0 saturated heterocycles. The van der Waals surface area contributed by atoms with E-state index in [1.165, 1.54) is 11.8 Å². The summed E-state index contributed by atoms with van der Waals surface area (Å²) >= 11 is 4.78. The number of nitrogens with one attached hydrogen (secondary N) is 1. The second-order valence-corrected chi connectivity index (χ2v) is 9.09. The number of carbonyl (C=O) groups is 1. The number of thioether (sulfide) groups is 1. The zero-order valence-corrected chi connectivity index (χ0v) is 21.0. The van der Waals surface area contributed by atoms with Crippen LogP contribution < -0.4 is 10.2 Å². The molecule has 9 heteroatoms. The van der Waals surface area contributed by atoms with Crippen LogP contribution in [0, 0.1) is 0 Å². The highest BCUT2D eigenvalue weighted by Gasteiger charge is 2.17. The van der Waals surface area contributed by atoms with Gasteiger partial charge in [-0.2, -0.15) is 5.10 Å². The number of benzene rings is 3. The number of nitrogens with zero attached hydrogens (tertiary/aromatic N) is 4. The Morgan fingerprint density at radius 1 is 1.03 bits per heavy atom. The van der Waals surface area contributed by atoms with Gasteiger partial charge in [0.05, 0.1) is 18.6 Å². The van der Waals surface area contributed by atoms with Crippen molar-refractivity contribution in [3.8, 4) is 22.8 Å². The smallest absolute Gasteiger partial charge is 0.250 e. The van der Waals surface area contributed by atoms with Crippen LogP contribution in [-0.2, 0) is 4.79 Å². The summed E-state index contributed by atoms with van der Waals surface area (Å²) < 4.78 is 8.10. The molecule has 1 heterocycles. The topological polar surface area (TPSA) is 81.4 Å². The van der Waals surface area contributed by atoms with E-state index in [0.29, 0.717) is 16.7 Å². The molecule has 4 rings (SSSR count). The van der Waals surface area contributed by atoms with Crippen molar-refractivity contribution in [1.82, 2.24) is 20.2 Å². The van der Waals surface area contributed by atoms with E-state index in [4.69, 9.17) is 4.74 Å². The molecule has 0 bridgehead atoms. The standard InChI is InChI=1S/C25H22BrN5O2S/c1-17(18-8-14-22(33-2)15-9-18)27-28-23(32)16-34-25-30-29-24(19-6-4-3-5-7-19)31(25)21-12-10-20(26)11-13-21/h3-15H,16H2,1-2H3,(H,28,32). The Balaban J connectivity index is 1.49. The van der Waals surface area contributed by atoms with Gasteiger partial charge >= 0.3 is 0 Å². The fraction of sp³-hybridized carbons (Fsp3) is 0.120. The second kappa shape index (κ2) is 11.1. The summed E-state index contributed by atoms with van der Waals surface area (Å²) in [6.07, 6.45) is 0. The van der Waals surface area contributed by atoms with Crippen LogP contribution in [-0.4, -0.2) is 39.2 Å². The lowest BCUT2D eigenvalue weighted by molar-refractivity contribution is -0.118. The Kier molecular flexibility index (Phi) is 7.76. The average molecular weight is 536 g/mol. The molecule has 0 aliphatic heterocycles. The van der Waals surface area contributed by atoms with Gasteiger partial charge < -0.3 is 4.74 Å². The normalized spacial score (nSPS) is 11.3. The zero-order chi connectivity index (χ0) is 23.9. The molecular weight excluding hydrogens is 514 g/mol. The molecule has 172 valence electrons. The summed E-state index contributed by atoms with van der Waals surface area (Å²) in [7, 11) is 1.62. The van der Waals surface area contributed by atoms with Gasteiger partial charge in [-0.25, -0.2) is 5.43 Å². The molecule has 1 aromatic heterocycles. The number of amides is 1. The van der Waals surface area contributed by atoms with Crippen molar-refractivity contribution in [2.45, 2.75) is 12.1 Å². The van der Waals surface area contributed by atoms with E-state index >= 15 is 0 Å². The first-order valence-electron chi connectivity index (χ1n) is 10.4. The van der Waals surface area contributed by atoms with Gasteiger partial charge in [-0.05, 0) is 61.0 Å². The van der Waals surface area contributed by atoms with Gasteiger partial charge in [0.2, 0.25) is 0 Å². The van der Waals surface area contributed by atoms with E-state index in [1.54, 1.807) is 7.11 Å². The maximum Gasteiger partial charge on any atom is 0.250 e. The third kappa shape index (κ3) is 5.73. The van der Waals surface area contributed by atoms with E-state index in [1.807, 2.05) is 90.4 Å². The van der Waals surface area contributed by atoms with E-state index in [-0.39, 0.29) is 11.7 Å². The maximum atomic E-state index is 12.5. The molecule has 1 N–H and O–H groups in total. The molecule has 1 amide bonds. The molecule has 0 aliphatic carbocycles. The number of rotatable bonds is 8. The van der Waals surface area contributed by atoms with E-state index in [9.17, 15) is 4.79 Å². The van der Waals surface area contributed by atoms with Gasteiger partial charge in [-0.15, -0.1) is 10.2 Å². The highest BCUT2D eigenvalue weighted by atomic mass is 79.9. The summed E-state index contributed by atoms with van der Waals surface area (Å²) in [5, 5.41) is 13.6. The average Bonchev–Trinajstić information content (AvgIpc) is 3.31. The minimum absolute atomic E-state index is 0.142. The third-order valence-electron chi connectivity index (χ3n) is 4.94. The van der Waals surface area contributed by atoms with Crippen LogP contribution in [0.5, 0.6) is 5.75 Å². The number of halogens is 1. The van der Waals surface area contributed by atoms with Crippen LogP contribution >= 0.6 is 27.7 Å². The van der Waals surface area contributed by atoms with Gasteiger partial charge in [-0.1, -0.05) is 58.0 Å². The highest BCUT2D eigenvalue weighted by molar-refractivity contribution is 9.10. The Bertz CT molecular complexity index is 1290. The molecular formula is C25H22BrN5O2S. The number of hydrogen-bond donors (Lipinski definition) is 1. The van der Waals surface area contributed by atoms with Crippen LogP contribution in [0.15, 0.2) is 93.6 Å². The summed E-state index contributed by atoms with van der Waals surface area (Å²) in [5.41, 5.74) is 6.06. The molecule has 7 nitrogen and oxygen atoms in total. The Morgan fingerprint density at radius 2 is 1.74 bits per heavy atom.